The van der Waals surface area contributed by atoms with E-state index in [1.54, 1.807) is 6.20 Å². The van der Waals surface area contributed by atoms with Crippen molar-refractivity contribution in [1.29, 1.82) is 5.41 Å². The Morgan fingerprint density at radius 1 is 1.16 bits per heavy atom. The van der Waals surface area contributed by atoms with Gasteiger partial charge < -0.3 is 31.2 Å². The fraction of sp³-hybridized carbons (Fsp3) is 0.360. The summed E-state index contributed by atoms with van der Waals surface area (Å²) < 4.78 is 5.56. The third-order valence-electron chi connectivity index (χ3n) is 6.00. The lowest BCUT2D eigenvalue weighted by atomic mass is 9.98. The highest BCUT2D eigenvalue weighted by atomic mass is 16.4. The largest absolute Gasteiger partial charge is 0.480 e. The maximum Gasteiger partial charge on any atom is 0.326 e. The molecule has 2 amide bonds. The zero-order chi connectivity index (χ0) is 26.9. The van der Waals surface area contributed by atoms with Crippen molar-refractivity contribution in [2.75, 3.05) is 6.54 Å². The van der Waals surface area contributed by atoms with E-state index < -0.39 is 29.9 Å². The number of carboxylic acids is 1. The average molecular weight is 510 g/mol. The first-order chi connectivity index (χ1) is 17.7. The maximum atomic E-state index is 13.2. The topological polar surface area (TPSA) is 196 Å². The Hall–Kier alpha value is -4.48. The molecule has 1 aromatic carbocycles. The predicted molar refractivity (Wildman–Crippen MR) is 136 cm³/mol. The summed E-state index contributed by atoms with van der Waals surface area (Å²) in [5, 5.41) is 26.1. The first kappa shape index (κ1) is 27.1. The Labute approximate surface area is 213 Å². The van der Waals surface area contributed by atoms with Gasteiger partial charge in [0.1, 0.15) is 24.0 Å². The van der Waals surface area contributed by atoms with Crippen LogP contribution in [-0.4, -0.2) is 51.4 Å². The van der Waals surface area contributed by atoms with Gasteiger partial charge in [0.15, 0.2) is 11.7 Å². The summed E-state index contributed by atoms with van der Waals surface area (Å²) >= 11 is 0. The number of carbonyl (C=O) groups is 3. The lowest BCUT2D eigenvalue weighted by molar-refractivity contribution is -0.139. The van der Waals surface area contributed by atoms with Gasteiger partial charge in [-0.15, -0.1) is 0 Å². The zero-order valence-corrected chi connectivity index (χ0v) is 20.7. The van der Waals surface area contributed by atoms with Crippen LogP contribution >= 0.6 is 0 Å². The first-order valence-electron chi connectivity index (χ1n) is 11.9. The molecule has 2 aromatic heterocycles. The number of rotatable bonds is 12. The number of benzene rings is 1. The summed E-state index contributed by atoms with van der Waals surface area (Å²) in [6, 6.07) is 7.43. The smallest absolute Gasteiger partial charge is 0.326 e. The van der Waals surface area contributed by atoms with Crippen LogP contribution in [-0.2, 0) is 4.79 Å². The predicted octanol–water partition coefficient (Wildman–Crippen LogP) is 2.19. The summed E-state index contributed by atoms with van der Waals surface area (Å²) in [4.78, 5) is 46.0. The van der Waals surface area contributed by atoms with Gasteiger partial charge in [-0.25, -0.2) is 9.78 Å². The molecule has 12 nitrogen and oxygen atoms in total. The summed E-state index contributed by atoms with van der Waals surface area (Å²) in [5.41, 5.74) is 5.37. The second-order valence-corrected chi connectivity index (χ2v) is 8.64. The van der Waals surface area contributed by atoms with E-state index in [-0.39, 0.29) is 35.6 Å². The molecule has 2 heterocycles. The molecule has 0 unspecified atom stereocenters. The van der Waals surface area contributed by atoms with Crippen molar-refractivity contribution in [2.45, 2.75) is 45.2 Å². The number of aliphatic carboxylic acids is 1. The summed E-state index contributed by atoms with van der Waals surface area (Å²) in [5.74, 6) is -2.50. The van der Waals surface area contributed by atoms with Gasteiger partial charge in [-0.1, -0.05) is 44.5 Å². The second-order valence-electron chi connectivity index (χ2n) is 8.64. The highest BCUT2D eigenvalue weighted by Crippen LogP contribution is 2.25. The van der Waals surface area contributed by atoms with Gasteiger partial charge in [0, 0.05) is 18.1 Å². The van der Waals surface area contributed by atoms with E-state index >= 15 is 0 Å². The molecule has 0 aliphatic rings. The Bertz CT molecular complexity index is 1270. The minimum atomic E-state index is -1.20. The van der Waals surface area contributed by atoms with Crippen LogP contribution in [0.1, 0.15) is 66.0 Å². The van der Waals surface area contributed by atoms with Crippen LogP contribution in [0.4, 0.5) is 0 Å². The minimum absolute atomic E-state index is 0.0889. The Morgan fingerprint density at radius 2 is 1.92 bits per heavy atom. The van der Waals surface area contributed by atoms with Gasteiger partial charge in [0.25, 0.3) is 11.8 Å². The molecule has 0 spiro atoms. The second kappa shape index (κ2) is 12.5. The molecule has 196 valence electrons. The number of hydrogen-bond acceptors (Lipinski definition) is 7. The molecular weight excluding hydrogens is 478 g/mol. The Balaban J connectivity index is 1.74. The van der Waals surface area contributed by atoms with Crippen molar-refractivity contribution < 1.29 is 23.9 Å². The quantitative estimate of drug-likeness (QED) is 0.120. The lowest BCUT2D eigenvalue weighted by Gasteiger charge is -2.21. The van der Waals surface area contributed by atoms with Gasteiger partial charge >= 0.3 is 5.97 Å². The third-order valence-corrected chi connectivity index (χ3v) is 6.00. The third kappa shape index (κ3) is 7.03. The van der Waals surface area contributed by atoms with Crippen molar-refractivity contribution in [3.8, 4) is 0 Å². The van der Waals surface area contributed by atoms with Crippen LogP contribution in [0.3, 0.4) is 0 Å². The molecule has 0 aliphatic carbocycles. The fourth-order valence-electron chi connectivity index (χ4n) is 3.75. The normalized spacial score (nSPS) is 13.4. The number of nitrogens with zero attached hydrogens (tertiary/aromatic N) is 2. The summed E-state index contributed by atoms with van der Waals surface area (Å²) in [6.45, 7) is 4.17. The molecule has 0 fully saturated rings. The molecule has 0 radical (unpaired) electrons. The van der Waals surface area contributed by atoms with E-state index in [0.717, 1.165) is 11.6 Å². The molecule has 0 saturated heterocycles. The van der Waals surface area contributed by atoms with E-state index in [2.05, 4.69) is 25.9 Å². The van der Waals surface area contributed by atoms with Gasteiger partial charge in [0.05, 0.1) is 0 Å². The number of amides is 2. The number of guanidine groups is 1. The number of aromatic nitrogens is 2. The number of hydrogen-bond donors (Lipinski definition) is 6. The van der Waals surface area contributed by atoms with Crippen LogP contribution < -0.4 is 21.7 Å². The highest BCUT2D eigenvalue weighted by Gasteiger charge is 2.29. The fourth-order valence-corrected chi connectivity index (χ4v) is 3.75. The number of oxazole rings is 1. The molecule has 3 aromatic rings. The van der Waals surface area contributed by atoms with Crippen molar-refractivity contribution in [3.63, 3.8) is 0 Å². The van der Waals surface area contributed by atoms with Crippen molar-refractivity contribution in [1.82, 2.24) is 25.9 Å². The SMILES string of the molecule is CC[C@H](C)[C@H](NC(=O)c1nccc2ccccc12)c1nc(C(=O)N[C@@H](CCCNC(=N)N)C(=O)O)co1. The Morgan fingerprint density at radius 3 is 2.62 bits per heavy atom. The molecule has 0 aliphatic heterocycles. The number of nitrogens with one attached hydrogen (secondary N) is 4. The zero-order valence-electron chi connectivity index (χ0n) is 20.7. The lowest BCUT2D eigenvalue weighted by Crippen LogP contribution is -2.41. The van der Waals surface area contributed by atoms with Crippen molar-refractivity contribution in [2.24, 2.45) is 11.7 Å². The van der Waals surface area contributed by atoms with Crippen molar-refractivity contribution >= 4 is 34.5 Å². The first-order valence-corrected chi connectivity index (χ1v) is 11.9. The van der Waals surface area contributed by atoms with Crippen LogP contribution in [0.2, 0.25) is 0 Å². The highest BCUT2D eigenvalue weighted by molar-refractivity contribution is 6.05. The molecule has 12 heteroatoms. The van der Waals surface area contributed by atoms with Gasteiger partial charge in [-0.2, -0.15) is 0 Å². The molecule has 3 rings (SSSR count). The number of carbonyl (C=O) groups excluding carboxylic acids is 2. The van der Waals surface area contributed by atoms with E-state index in [4.69, 9.17) is 15.6 Å². The van der Waals surface area contributed by atoms with E-state index in [1.165, 1.54) is 0 Å². The molecule has 0 bridgehead atoms. The van der Waals surface area contributed by atoms with Crippen molar-refractivity contribution in [3.05, 3.63) is 60.1 Å². The molecule has 37 heavy (non-hydrogen) atoms. The number of carboxylic acid groups (broad SMARTS) is 1. The summed E-state index contributed by atoms with van der Waals surface area (Å²) in [6.07, 6.45) is 3.88. The van der Waals surface area contributed by atoms with Gasteiger partial charge in [0.2, 0.25) is 5.89 Å². The van der Waals surface area contributed by atoms with E-state index in [9.17, 15) is 19.5 Å². The van der Waals surface area contributed by atoms with Gasteiger partial charge in [-0.3, -0.25) is 20.0 Å². The molecule has 7 N–H and O–H groups in total. The number of pyridine rings is 1. The molecule has 0 saturated carbocycles. The monoisotopic (exact) mass is 509 g/mol. The van der Waals surface area contributed by atoms with E-state index in [1.807, 2.05) is 44.2 Å². The van der Waals surface area contributed by atoms with Crippen LogP contribution in [0.5, 0.6) is 0 Å². The number of fused-ring (bicyclic) bond motifs is 1. The Kier molecular flexibility index (Phi) is 9.14. The maximum absolute atomic E-state index is 13.2. The molecule has 3 atom stereocenters. The van der Waals surface area contributed by atoms with Crippen LogP contribution in [0, 0.1) is 11.3 Å². The molecular formula is C25H31N7O5. The van der Waals surface area contributed by atoms with E-state index in [0.29, 0.717) is 24.8 Å². The van der Waals surface area contributed by atoms with Crippen LogP contribution in [0.25, 0.3) is 10.8 Å². The summed E-state index contributed by atoms with van der Waals surface area (Å²) in [7, 11) is 0. The average Bonchev–Trinajstić information content (AvgIpc) is 3.38. The standard InChI is InChI=1S/C25H31N7O5/c1-3-14(2)19(32-22(34)20-16-8-5-4-7-15(16)10-12-28-20)23-31-18(13-37-23)21(33)30-17(24(35)36)9-6-11-29-25(26)27/h4-5,7-8,10,12-14,17,19H,3,6,9,11H2,1-2H3,(H,30,33)(H,32,34)(H,35,36)(H4,26,27,29)/t14-,17-,19-/m0/s1. The van der Waals surface area contributed by atoms with Gasteiger partial charge in [-0.05, 0) is 30.2 Å². The van der Waals surface area contributed by atoms with Crippen LogP contribution in [0.15, 0.2) is 47.2 Å². The number of nitrogens with two attached hydrogens (primary N) is 1. The minimum Gasteiger partial charge on any atom is -0.480 e.